The first-order valence-electron chi connectivity index (χ1n) is 19.6. The molecular weight excluding hydrogens is 721 g/mol. The summed E-state index contributed by atoms with van der Waals surface area (Å²) >= 11 is 0. The van der Waals surface area contributed by atoms with Crippen molar-refractivity contribution in [3.8, 4) is 22.5 Å². The number of piperidine rings is 1. The van der Waals surface area contributed by atoms with Crippen molar-refractivity contribution < 1.29 is 24.0 Å². The van der Waals surface area contributed by atoms with Crippen molar-refractivity contribution in [2.45, 2.75) is 84.1 Å². The molecule has 6 heterocycles. The van der Waals surface area contributed by atoms with E-state index in [-0.39, 0.29) is 36.1 Å². The molecule has 2 N–H and O–H groups in total. The van der Waals surface area contributed by atoms with E-state index >= 15 is 0 Å². The molecule has 0 bridgehead atoms. The van der Waals surface area contributed by atoms with Gasteiger partial charge in [0.1, 0.15) is 17.6 Å². The molecule has 0 radical (unpaired) electrons. The number of pyridine rings is 2. The number of amides is 5. The fraction of sp³-hybridized carbons (Fsp3) is 0.318. The molecule has 57 heavy (non-hydrogen) atoms. The molecule has 9 rings (SSSR count). The number of nitrogens with zero attached hydrogens (tertiary/aromatic N) is 6. The molecule has 3 aliphatic heterocycles. The Morgan fingerprint density at radius 1 is 0.912 bits per heavy atom. The number of allylic oxidation sites excluding steroid dienone is 1. The van der Waals surface area contributed by atoms with Crippen LogP contribution in [0.1, 0.15) is 89.4 Å². The standard InChI is InChI=1S/C44H42N8O5/c1-3-39-48-41(38-24-50(25(2)53)18-19-51(38)39)31-8-4-6-27-20-36(46-22-33(27)31)28-12-15-35(45-21-28)42(55)47-29-13-10-26(11-14-29)30-7-5-9-32-34(30)23-52(44(32)57)37-16-17-40(54)49-43(37)56/h4-10,12,15,20-22,29,37H,3,11,13-14,16-19,23-24H2,1-2H3,(H,47,55)(H,49,54,56). The number of nitrogens with one attached hydrogen (secondary N) is 2. The molecule has 4 aliphatic rings. The Bertz CT molecular complexity index is 2540. The summed E-state index contributed by atoms with van der Waals surface area (Å²) in [5, 5.41) is 7.48. The molecule has 3 aromatic heterocycles. The second-order valence-electron chi connectivity index (χ2n) is 15.2. The summed E-state index contributed by atoms with van der Waals surface area (Å²) in [6, 6.07) is 16.7. The van der Waals surface area contributed by atoms with Gasteiger partial charge in [0.2, 0.25) is 17.7 Å². The third-order valence-corrected chi connectivity index (χ3v) is 11.8. The number of benzene rings is 2. The fourth-order valence-corrected chi connectivity index (χ4v) is 8.77. The van der Waals surface area contributed by atoms with Crippen LogP contribution in [0.2, 0.25) is 0 Å². The molecule has 288 valence electrons. The molecule has 0 spiro atoms. The Balaban J connectivity index is 0.870. The normalized spacial score (nSPS) is 19.3. The number of aryl methyl sites for hydroxylation is 1. The molecule has 2 unspecified atom stereocenters. The lowest BCUT2D eigenvalue weighted by atomic mass is 9.87. The van der Waals surface area contributed by atoms with Crippen LogP contribution in [0.25, 0.3) is 38.9 Å². The van der Waals surface area contributed by atoms with Crippen molar-refractivity contribution in [3.63, 3.8) is 0 Å². The summed E-state index contributed by atoms with van der Waals surface area (Å²) in [5.74, 6) is -0.0952. The molecule has 1 saturated heterocycles. The number of carbonyl (C=O) groups excluding carboxylic acids is 5. The molecule has 13 heteroatoms. The van der Waals surface area contributed by atoms with E-state index < -0.39 is 11.9 Å². The van der Waals surface area contributed by atoms with Gasteiger partial charge in [-0.15, -0.1) is 0 Å². The SMILES string of the molecule is CCc1nc(-c2cccc3cc(-c4ccc(C(=O)NC5CC=C(c6cccc7c6CN(C6CCC(=O)NC6=O)C7=O)CC5)nc4)ncc23)c2n1CCN(C(C)=O)C2. The average Bonchev–Trinajstić information content (AvgIpc) is 3.77. The molecule has 1 aliphatic carbocycles. The lowest BCUT2D eigenvalue weighted by Gasteiger charge is -2.29. The predicted octanol–water partition coefficient (Wildman–Crippen LogP) is 5.21. The van der Waals surface area contributed by atoms with Crippen LogP contribution in [0.4, 0.5) is 0 Å². The highest BCUT2D eigenvalue weighted by molar-refractivity contribution is 6.06. The number of hydrogen-bond donors (Lipinski definition) is 2. The number of imide groups is 1. The highest BCUT2D eigenvalue weighted by Crippen LogP contribution is 2.37. The molecule has 5 amide bonds. The van der Waals surface area contributed by atoms with Gasteiger partial charge in [0, 0.05) is 79.9 Å². The number of aromatic nitrogens is 4. The van der Waals surface area contributed by atoms with Crippen molar-refractivity contribution in [2.75, 3.05) is 6.54 Å². The van der Waals surface area contributed by atoms with Crippen LogP contribution in [0.5, 0.6) is 0 Å². The van der Waals surface area contributed by atoms with E-state index in [1.165, 1.54) is 0 Å². The quantitative estimate of drug-likeness (QED) is 0.214. The Morgan fingerprint density at radius 3 is 2.49 bits per heavy atom. The van der Waals surface area contributed by atoms with E-state index in [0.717, 1.165) is 87.3 Å². The van der Waals surface area contributed by atoms with Crippen molar-refractivity contribution in [3.05, 3.63) is 107 Å². The van der Waals surface area contributed by atoms with Gasteiger partial charge in [0.25, 0.3) is 11.8 Å². The van der Waals surface area contributed by atoms with E-state index in [1.807, 2.05) is 41.4 Å². The summed E-state index contributed by atoms with van der Waals surface area (Å²) in [6.07, 6.45) is 9.08. The van der Waals surface area contributed by atoms with E-state index in [2.05, 4.69) is 45.3 Å². The molecule has 0 saturated carbocycles. The first-order valence-corrected chi connectivity index (χ1v) is 19.6. The smallest absolute Gasteiger partial charge is 0.270 e. The number of rotatable bonds is 7. The van der Waals surface area contributed by atoms with Gasteiger partial charge in [-0.3, -0.25) is 39.3 Å². The van der Waals surface area contributed by atoms with Crippen molar-refractivity contribution >= 4 is 45.9 Å². The summed E-state index contributed by atoms with van der Waals surface area (Å²) in [4.78, 5) is 80.9. The molecule has 2 aromatic carbocycles. The minimum atomic E-state index is -0.661. The highest BCUT2D eigenvalue weighted by Gasteiger charge is 2.40. The van der Waals surface area contributed by atoms with Crippen molar-refractivity contribution in [2.24, 2.45) is 0 Å². The third-order valence-electron chi connectivity index (χ3n) is 11.8. The molecule has 5 aromatic rings. The maximum absolute atomic E-state index is 13.3. The zero-order valence-corrected chi connectivity index (χ0v) is 31.9. The van der Waals surface area contributed by atoms with Gasteiger partial charge >= 0.3 is 0 Å². The molecule has 2 atom stereocenters. The number of fused-ring (bicyclic) bond motifs is 3. The van der Waals surface area contributed by atoms with Gasteiger partial charge in [0.15, 0.2) is 0 Å². The largest absolute Gasteiger partial charge is 0.348 e. The van der Waals surface area contributed by atoms with Gasteiger partial charge < -0.3 is 19.7 Å². The minimum absolute atomic E-state index is 0.0587. The molecular formula is C44H42N8O5. The van der Waals surface area contributed by atoms with Gasteiger partial charge in [-0.05, 0) is 72.0 Å². The van der Waals surface area contributed by atoms with E-state index in [0.29, 0.717) is 43.7 Å². The van der Waals surface area contributed by atoms with Crippen molar-refractivity contribution in [1.82, 2.24) is 40.0 Å². The Labute approximate surface area is 329 Å². The zero-order valence-electron chi connectivity index (χ0n) is 31.9. The van der Waals surface area contributed by atoms with Crippen LogP contribution in [0.15, 0.2) is 73.1 Å². The average molecular weight is 763 g/mol. The minimum Gasteiger partial charge on any atom is -0.348 e. The topological polar surface area (TPSA) is 159 Å². The van der Waals surface area contributed by atoms with E-state index in [4.69, 9.17) is 9.97 Å². The first-order chi connectivity index (χ1) is 27.7. The Morgan fingerprint density at radius 2 is 1.74 bits per heavy atom. The summed E-state index contributed by atoms with van der Waals surface area (Å²) in [5.41, 5.74) is 8.36. The van der Waals surface area contributed by atoms with Crippen LogP contribution >= 0.6 is 0 Å². The third kappa shape index (κ3) is 6.56. The lowest BCUT2D eigenvalue weighted by Crippen LogP contribution is -2.52. The van der Waals surface area contributed by atoms with E-state index in [9.17, 15) is 24.0 Å². The van der Waals surface area contributed by atoms with Gasteiger partial charge in [0.05, 0.1) is 23.6 Å². The van der Waals surface area contributed by atoms with Crippen LogP contribution in [0.3, 0.4) is 0 Å². The first kappa shape index (κ1) is 36.2. The van der Waals surface area contributed by atoms with Crippen LogP contribution < -0.4 is 10.6 Å². The monoisotopic (exact) mass is 762 g/mol. The maximum atomic E-state index is 13.3. The highest BCUT2D eigenvalue weighted by atomic mass is 16.2. The van der Waals surface area contributed by atoms with Gasteiger partial charge in [-0.2, -0.15) is 0 Å². The molecule has 13 nitrogen and oxygen atoms in total. The number of hydrogen-bond acceptors (Lipinski definition) is 8. The summed E-state index contributed by atoms with van der Waals surface area (Å²) < 4.78 is 2.25. The van der Waals surface area contributed by atoms with Gasteiger partial charge in [-0.1, -0.05) is 43.3 Å². The molecule has 1 fully saturated rings. The van der Waals surface area contributed by atoms with Crippen LogP contribution in [-0.2, 0) is 40.4 Å². The second kappa shape index (κ2) is 14.5. The number of carbonyl (C=O) groups is 5. The second-order valence-corrected chi connectivity index (χ2v) is 15.2. The van der Waals surface area contributed by atoms with Gasteiger partial charge in [-0.25, -0.2) is 4.98 Å². The fourth-order valence-electron chi connectivity index (χ4n) is 8.77. The zero-order chi connectivity index (χ0) is 39.4. The lowest BCUT2D eigenvalue weighted by molar-refractivity contribution is -0.137. The van der Waals surface area contributed by atoms with E-state index in [1.54, 1.807) is 30.2 Å². The number of imidazole rings is 1. The predicted molar refractivity (Wildman–Crippen MR) is 212 cm³/mol. The van der Waals surface area contributed by atoms with Crippen LogP contribution in [-0.4, -0.2) is 77.5 Å². The summed E-state index contributed by atoms with van der Waals surface area (Å²) in [6.45, 7) is 5.96. The van der Waals surface area contributed by atoms with Crippen molar-refractivity contribution in [1.29, 1.82) is 0 Å². The van der Waals surface area contributed by atoms with Crippen LogP contribution in [0, 0.1) is 0 Å². The summed E-state index contributed by atoms with van der Waals surface area (Å²) in [7, 11) is 0. The maximum Gasteiger partial charge on any atom is 0.270 e. The Hall–Kier alpha value is -6.50. The Kier molecular flexibility index (Phi) is 9.22.